The van der Waals surface area contributed by atoms with Crippen LogP contribution in [0.15, 0.2) is 35.0 Å². The van der Waals surface area contributed by atoms with Crippen molar-refractivity contribution in [2.45, 2.75) is 26.4 Å². The molecule has 0 aliphatic carbocycles. The molecule has 3 nitrogen and oxygen atoms in total. The van der Waals surface area contributed by atoms with E-state index in [9.17, 15) is 0 Å². The summed E-state index contributed by atoms with van der Waals surface area (Å²) in [6, 6.07) is 8.59. The van der Waals surface area contributed by atoms with E-state index in [4.69, 9.17) is 0 Å². The summed E-state index contributed by atoms with van der Waals surface area (Å²) in [6.45, 7) is 9.21. The molecule has 2 fully saturated rings. The number of nitrogens with zero attached hydrogens (tertiary/aromatic N) is 3. The number of thiophene rings is 1. The van der Waals surface area contributed by atoms with Gasteiger partial charge in [0.05, 0.1) is 5.69 Å². The lowest BCUT2D eigenvalue weighted by Gasteiger charge is -2.48. The van der Waals surface area contributed by atoms with Gasteiger partial charge in [0, 0.05) is 43.8 Å². The molecular formula is C18H23N3S. The zero-order valence-electron chi connectivity index (χ0n) is 13.2. The van der Waals surface area contributed by atoms with Crippen LogP contribution in [0.2, 0.25) is 0 Å². The zero-order chi connectivity index (χ0) is 15.0. The molecule has 4 heterocycles. The molecule has 2 aliphatic rings. The van der Waals surface area contributed by atoms with Crippen LogP contribution < -0.4 is 0 Å². The molecule has 2 saturated heterocycles. The number of pyridine rings is 1. The summed E-state index contributed by atoms with van der Waals surface area (Å²) in [7, 11) is 0. The molecule has 2 aliphatic heterocycles. The monoisotopic (exact) mass is 313 g/mol. The number of rotatable bonds is 4. The van der Waals surface area contributed by atoms with Crippen LogP contribution in [0, 0.1) is 12.3 Å². The van der Waals surface area contributed by atoms with Crippen molar-refractivity contribution in [1.82, 2.24) is 14.8 Å². The number of hydrogen-bond acceptors (Lipinski definition) is 4. The van der Waals surface area contributed by atoms with Crippen molar-refractivity contribution in [2.75, 3.05) is 26.2 Å². The number of likely N-dealkylation sites (tertiary alicyclic amines) is 2. The standard InChI is InChI=1S/C18H23N3S/c1-15-3-2-4-17(19-15)10-21-13-18(14-21)6-7-20(12-18)9-16-5-8-22-11-16/h2-5,8,11H,6-7,9-10,12-14H2,1H3. The Morgan fingerprint density at radius 2 is 2.00 bits per heavy atom. The average Bonchev–Trinajstić information content (AvgIpc) is 3.09. The van der Waals surface area contributed by atoms with Crippen LogP contribution >= 0.6 is 11.3 Å². The van der Waals surface area contributed by atoms with Gasteiger partial charge in [-0.05, 0) is 54.4 Å². The highest BCUT2D eigenvalue weighted by atomic mass is 32.1. The first-order valence-corrected chi connectivity index (χ1v) is 9.03. The molecule has 0 bridgehead atoms. The third kappa shape index (κ3) is 2.96. The molecule has 0 aromatic carbocycles. The maximum atomic E-state index is 4.62. The minimum Gasteiger partial charge on any atom is -0.298 e. The Kier molecular flexibility index (Phi) is 3.76. The number of aryl methyl sites for hydroxylation is 1. The minimum atomic E-state index is 0.555. The van der Waals surface area contributed by atoms with Crippen molar-refractivity contribution < 1.29 is 0 Å². The highest BCUT2D eigenvalue weighted by molar-refractivity contribution is 7.07. The summed E-state index contributed by atoms with van der Waals surface area (Å²) in [5, 5.41) is 4.46. The van der Waals surface area contributed by atoms with E-state index in [1.807, 2.05) is 0 Å². The highest BCUT2D eigenvalue weighted by Gasteiger charge is 2.47. The smallest absolute Gasteiger partial charge is 0.0547 e. The Morgan fingerprint density at radius 3 is 2.77 bits per heavy atom. The molecule has 0 radical (unpaired) electrons. The van der Waals surface area contributed by atoms with Gasteiger partial charge in [-0.25, -0.2) is 0 Å². The van der Waals surface area contributed by atoms with E-state index in [1.165, 1.54) is 43.9 Å². The Balaban J connectivity index is 1.29. The van der Waals surface area contributed by atoms with E-state index >= 15 is 0 Å². The van der Waals surface area contributed by atoms with E-state index in [0.717, 1.165) is 18.8 Å². The second-order valence-corrected chi connectivity index (χ2v) is 7.79. The quantitative estimate of drug-likeness (QED) is 0.864. The van der Waals surface area contributed by atoms with Crippen LogP contribution in [-0.2, 0) is 13.1 Å². The van der Waals surface area contributed by atoms with Gasteiger partial charge < -0.3 is 0 Å². The summed E-state index contributed by atoms with van der Waals surface area (Å²) >= 11 is 1.80. The van der Waals surface area contributed by atoms with Gasteiger partial charge in [-0.1, -0.05) is 6.07 Å². The molecule has 0 unspecified atom stereocenters. The van der Waals surface area contributed by atoms with Crippen molar-refractivity contribution in [2.24, 2.45) is 5.41 Å². The van der Waals surface area contributed by atoms with E-state index in [0.29, 0.717) is 5.41 Å². The van der Waals surface area contributed by atoms with E-state index in [1.54, 1.807) is 11.3 Å². The fraction of sp³-hybridized carbons (Fsp3) is 0.500. The van der Waals surface area contributed by atoms with Gasteiger partial charge in [0.2, 0.25) is 0 Å². The van der Waals surface area contributed by atoms with Gasteiger partial charge in [-0.15, -0.1) is 0 Å². The van der Waals surface area contributed by atoms with Crippen LogP contribution in [-0.4, -0.2) is 41.0 Å². The third-order valence-electron chi connectivity index (χ3n) is 4.95. The van der Waals surface area contributed by atoms with E-state index < -0.39 is 0 Å². The van der Waals surface area contributed by atoms with E-state index in [-0.39, 0.29) is 0 Å². The summed E-state index contributed by atoms with van der Waals surface area (Å²) < 4.78 is 0. The first-order chi connectivity index (χ1) is 10.7. The van der Waals surface area contributed by atoms with Gasteiger partial charge in [-0.3, -0.25) is 14.8 Å². The lowest BCUT2D eigenvalue weighted by molar-refractivity contribution is 0.000745. The molecule has 22 heavy (non-hydrogen) atoms. The predicted molar refractivity (Wildman–Crippen MR) is 90.9 cm³/mol. The van der Waals surface area contributed by atoms with Crippen LogP contribution in [0.4, 0.5) is 0 Å². The fourth-order valence-electron chi connectivity index (χ4n) is 3.99. The maximum absolute atomic E-state index is 4.62. The number of aromatic nitrogens is 1. The second kappa shape index (κ2) is 5.76. The van der Waals surface area contributed by atoms with Gasteiger partial charge >= 0.3 is 0 Å². The topological polar surface area (TPSA) is 19.4 Å². The van der Waals surface area contributed by atoms with Gasteiger partial charge in [0.15, 0.2) is 0 Å². The molecule has 0 amide bonds. The molecule has 1 spiro atoms. The molecule has 0 saturated carbocycles. The third-order valence-corrected chi connectivity index (χ3v) is 5.69. The highest BCUT2D eigenvalue weighted by Crippen LogP contribution is 2.40. The fourth-order valence-corrected chi connectivity index (χ4v) is 4.65. The van der Waals surface area contributed by atoms with Crippen molar-refractivity contribution in [1.29, 1.82) is 0 Å². The largest absolute Gasteiger partial charge is 0.298 e. The summed E-state index contributed by atoms with van der Waals surface area (Å²) in [5.41, 5.74) is 4.36. The van der Waals surface area contributed by atoms with Crippen LogP contribution in [0.25, 0.3) is 0 Å². The Hall–Kier alpha value is -1.23. The normalized spacial score (nSPS) is 21.3. The lowest BCUT2D eigenvalue weighted by atomic mass is 9.79. The Morgan fingerprint density at radius 1 is 1.14 bits per heavy atom. The summed E-state index contributed by atoms with van der Waals surface area (Å²) in [6.07, 6.45) is 1.36. The molecular weight excluding hydrogens is 290 g/mol. The minimum absolute atomic E-state index is 0.555. The predicted octanol–water partition coefficient (Wildman–Crippen LogP) is 3.16. The van der Waals surface area contributed by atoms with Crippen molar-refractivity contribution in [3.05, 3.63) is 52.0 Å². The van der Waals surface area contributed by atoms with E-state index in [2.05, 4.69) is 56.7 Å². The van der Waals surface area contributed by atoms with Gasteiger partial charge in [0.1, 0.15) is 0 Å². The first kappa shape index (κ1) is 14.4. The summed E-state index contributed by atoms with van der Waals surface area (Å²) in [5.74, 6) is 0. The van der Waals surface area contributed by atoms with Crippen LogP contribution in [0.3, 0.4) is 0 Å². The molecule has 0 atom stereocenters. The maximum Gasteiger partial charge on any atom is 0.0547 e. The molecule has 2 aromatic heterocycles. The SMILES string of the molecule is Cc1cccc(CN2CC3(CCN(Cc4ccsc4)C3)C2)n1. The summed E-state index contributed by atoms with van der Waals surface area (Å²) in [4.78, 5) is 9.80. The van der Waals surface area contributed by atoms with Crippen molar-refractivity contribution >= 4 is 11.3 Å². The zero-order valence-corrected chi connectivity index (χ0v) is 14.0. The molecule has 4 heteroatoms. The molecule has 2 aromatic rings. The van der Waals surface area contributed by atoms with Crippen LogP contribution in [0.1, 0.15) is 23.4 Å². The van der Waals surface area contributed by atoms with Crippen molar-refractivity contribution in [3.63, 3.8) is 0 Å². The Bertz CT molecular complexity index is 632. The van der Waals surface area contributed by atoms with Crippen LogP contribution in [0.5, 0.6) is 0 Å². The van der Waals surface area contributed by atoms with Gasteiger partial charge in [0.25, 0.3) is 0 Å². The molecule has 0 N–H and O–H groups in total. The molecule has 4 rings (SSSR count). The lowest BCUT2D eigenvalue weighted by Crippen LogP contribution is -2.56. The van der Waals surface area contributed by atoms with Crippen molar-refractivity contribution in [3.8, 4) is 0 Å². The van der Waals surface area contributed by atoms with Gasteiger partial charge in [-0.2, -0.15) is 11.3 Å². The first-order valence-electron chi connectivity index (χ1n) is 8.09. The number of hydrogen-bond donors (Lipinski definition) is 0. The Labute approximate surface area is 136 Å². The second-order valence-electron chi connectivity index (χ2n) is 7.01. The molecule has 116 valence electrons. The average molecular weight is 313 g/mol.